The average Bonchev–Trinajstić information content (AvgIpc) is 1.87. The maximum atomic E-state index is 5.23. The van der Waals surface area contributed by atoms with Crippen molar-refractivity contribution in [3.63, 3.8) is 0 Å². The minimum atomic E-state index is -1.15. The van der Waals surface area contributed by atoms with Crippen LogP contribution in [0.1, 0.15) is 0 Å². The van der Waals surface area contributed by atoms with E-state index in [1.807, 2.05) is 0 Å². The SMILES string of the molecule is C[Si](C)(C)[C-]=C=CCl.[Zn+][Br]. The molecular weight excluding hydrogens is 281 g/mol. The van der Waals surface area contributed by atoms with Crippen LogP contribution >= 0.6 is 25.2 Å². The van der Waals surface area contributed by atoms with Gasteiger partial charge in [-0.25, -0.2) is 17.3 Å². The molecule has 0 fully saturated rings. The Bertz CT molecular complexity index is 124. The first-order valence-corrected chi connectivity index (χ1v) is 13.7. The summed E-state index contributed by atoms with van der Waals surface area (Å²) >= 11 is 9.48. The Morgan fingerprint density at radius 3 is 2.00 bits per heavy atom. The van der Waals surface area contributed by atoms with Crippen molar-refractivity contribution in [2.75, 3.05) is 0 Å². The first kappa shape index (κ1) is 13.7. The van der Waals surface area contributed by atoms with E-state index in [9.17, 15) is 0 Å². The molecule has 0 aliphatic carbocycles. The van der Waals surface area contributed by atoms with Crippen molar-refractivity contribution in [2.45, 2.75) is 19.6 Å². The van der Waals surface area contributed by atoms with Crippen LogP contribution < -0.4 is 0 Å². The molecular formula is C6H10BrClSiZn. The first-order valence-electron chi connectivity index (χ1n) is 2.77. The van der Waals surface area contributed by atoms with Crippen LogP contribution in [0.5, 0.6) is 0 Å². The molecule has 4 heteroatoms. The standard InChI is InChI=1S/C6H10ClSi.BrH.Zn/c1-8(2,3)6-4-5-7;;/h5H,1-3H3;1H;/q-1;;+2/p-1. The molecule has 0 spiro atoms. The van der Waals surface area contributed by atoms with Crippen molar-refractivity contribution in [3.05, 3.63) is 17.0 Å². The third-order valence-corrected chi connectivity index (χ3v) is 1.51. The van der Waals surface area contributed by atoms with Gasteiger partial charge in [-0.05, 0) is 8.07 Å². The topological polar surface area (TPSA) is 0 Å². The Morgan fingerprint density at radius 1 is 1.50 bits per heavy atom. The second-order valence-electron chi connectivity index (χ2n) is 2.63. The predicted octanol–water partition coefficient (Wildman–Crippen LogP) is 3.42. The third-order valence-electron chi connectivity index (χ3n) is 0.502. The second kappa shape index (κ2) is 8.23. The van der Waals surface area contributed by atoms with Gasteiger partial charge in [-0.1, -0.05) is 19.6 Å². The Labute approximate surface area is 85.8 Å². The quantitative estimate of drug-likeness (QED) is 0.394. The monoisotopic (exact) mass is 288 g/mol. The molecule has 0 aliphatic rings. The van der Waals surface area contributed by atoms with Gasteiger partial charge < -0.3 is 5.73 Å². The number of hydrogen-bond acceptors (Lipinski definition) is 0. The summed E-state index contributed by atoms with van der Waals surface area (Å²) in [5, 5.41) is 0. The zero-order chi connectivity index (χ0) is 8.62. The summed E-state index contributed by atoms with van der Waals surface area (Å²) in [5.74, 6) is 0. The third kappa shape index (κ3) is 16.1. The van der Waals surface area contributed by atoms with Gasteiger partial charge in [0.05, 0.1) is 0 Å². The fraction of sp³-hybridized carbons (Fsp3) is 0.500. The zero-order valence-corrected chi connectivity index (χ0v) is 12.8. The minimum absolute atomic E-state index is 1.15. The average molecular weight is 291 g/mol. The molecule has 0 saturated carbocycles. The van der Waals surface area contributed by atoms with Gasteiger partial charge in [0.1, 0.15) is 0 Å². The van der Waals surface area contributed by atoms with Crippen molar-refractivity contribution in [2.24, 2.45) is 0 Å². The molecule has 0 amide bonds. The second-order valence-corrected chi connectivity index (χ2v) is 7.60. The van der Waals surface area contributed by atoms with E-state index >= 15 is 0 Å². The van der Waals surface area contributed by atoms with Crippen LogP contribution in [0.3, 0.4) is 0 Å². The molecule has 0 aromatic rings. The normalized spacial score (nSPS) is 8.70. The number of hydrogen-bond donors (Lipinski definition) is 0. The number of rotatable bonds is 1. The van der Waals surface area contributed by atoms with E-state index in [-0.39, 0.29) is 0 Å². The Hall–Kier alpha value is 1.13. The molecule has 0 saturated heterocycles. The molecule has 0 radical (unpaired) electrons. The summed E-state index contributed by atoms with van der Waals surface area (Å²) in [5.41, 5.74) is 7.19. The summed E-state index contributed by atoms with van der Waals surface area (Å²) in [6.07, 6.45) is 0. The van der Waals surface area contributed by atoms with E-state index in [1.54, 1.807) is 0 Å². The molecule has 0 heterocycles. The summed E-state index contributed by atoms with van der Waals surface area (Å²) in [7, 11) is -1.15. The molecule has 0 nitrogen and oxygen atoms in total. The first-order chi connectivity index (χ1) is 4.56. The van der Waals surface area contributed by atoms with Crippen molar-refractivity contribution in [1.82, 2.24) is 0 Å². The molecule has 0 aromatic heterocycles. The van der Waals surface area contributed by atoms with E-state index in [4.69, 9.17) is 11.6 Å². The molecule has 10 heavy (non-hydrogen) atoms. The van der Waals surface area contributed by atoms with Gasteiger partial charge >= 0.3 is 30.0 Å². The molecule has 0 rings (SSSR count). The Balaban J connectivity index is 0. The van der Waals surface area contributed by atoms with E-state index < -0.39 is 8.07 Å². The Morgan fingerprint density at radius 2 is 1.90 bits per heavy atom. The zero-order valence-electron chi connectivity index (χ0n) is 6.54. The van der Waals surface area contributed by atoms with Gasteiger partial charge in [-0.15, -0.1) is 5.54 Å². The van der Waals surface area contributed by atoms with Gasteiger partial charge in [0.15, 0.2) is 0 Å². The molecule has 0 atom stereocenters. The molecule has 0 bridgehead atoms. The molecule has 0 aliphatic heterocycles. The van der Waals surface area contributed by atoms with Gasteiger partial charge in [0.25, 0.3) is 0 Å². The van der Waals surface area contributed by atoms with Crippen LogP contribution in [0.4, 0.5) is 0 Å². The molecule has 54 valence electrons. The molecule has 0 N–H and O–H groups in total. The van der Waals surface area contributed by atoms with Crippen LogP contribution in [0.2, 0.25) is 19.6 Å². The van der Waals surface area contributed by atoms with E-state index in [0.29, 0.717) is 0 Å². The number of halogens is 2. The Kier molecular flexibility index (Phi) is 11.3. The fourth-order valence-corrected chi connectivity index (χ4v) is 0.895. The summed E-state index contributed by atoms with van der Waals surface area (Å²) < 4.78 is 0. The van der Waals surface area contributed by atoms with E-state index in [2.05, 4.69) is 44.7 Å². The predicted molar refractivity (Wildman–Crippen MR) is 49.5 cm³/mol. The van der Waals surface area contributed by atoms with Gasteiger partial charge in [0, 0.05) is 0 Å². The molecule has 0 unspecified atom stereocenters. The van der Waals surface area contributed by atoms with Crippen molar-refractivity contribution in [3.8, 4) is 0 Å². The van der Waals surface area contributed by atoms with Crippen LogP contribution in [-0.4, -0.2) is 8.07 Å². The fourth-order valence-electron chi connectivity index (χ4n) is 0.244. The van der Waals surface area contributed by atoms with Crippen LogP contribution in [0.15, 0.2) is 11.3 Å². The van der Waals surface area contributed by atoms with Crippen molar-refractivity contribution < 1.29 is 16.3 Å². The van der Waals surface area contributed by atoms with Crippen molar-refractivity contribution >= 4 is 33.3 Å². The summed E-state index contributed by atoms with van der Waals surface area (Å²) in [6, 6.07) is 0. The van der Waals surface area contributed by atoms with Crippen LogP contribution in [0, 0.1) is 5.70 Å². The van der Waals surface area contributed by atoms with E-state index in [0.717, 1.165) is 0 Å². The molecule has 0 aromatic carbocycles. The van der Waals surface area contributed by atoms with Crippen LogP contribution in [-0.2, 0) is 16.3 Å². The van der Waals surface area contributed by atoms with Gasteiger partial charge in [0.2, 0.25) is 0 Å². The summed E-state index contributed by atoms with van der Waals surface area (Å²) in [4.78, 5) is 0. The van der Waals surface area contributed by atoms with Gasteiger partial charge in [-0.2, -0.15) is 0 Å². The summed E-state index contributed by atoms with van der Waals surface area (Å²) in [6.45, 7) is 6.54. The van der Waals surface area contributed by atoms with Crippen LogP contribution in [0.25, 0.3) is 0 Å². The van der Waals surface area contributed by atoms with Gasteiger partial charge in [-0.3, -0.25) is 0 Å². The van der Waals surface area contributed by atoms with Crippen molar-refractivity contribution in [1.29, 1.82) is 0 Å². The maximum absolute atomic E-state index is 5.23. The van der Waals surface area contributed by atoms with E-state index in [1.165, 1.54) is 21.9 Å².